The van der Waals surface area contributed by atoms with E-state index in [1.165, 1.54) is 12.1 Å². The minimum Gasteiger partial charge on any atom is -0.387 e. The fourth-order valence-corrected chi connectivity index (χ4v) is 2.98. The quantitative estimate of drug-likeness (QED) is 0.880. The zero-order valence-electron chi connectivity index (χ0n) is 13.4. The third kappa shape index (κ3) is 4.35. The summed E-state index contributed by atoms with van der Waals surface area (Å²) in [4.78, 5) is 5.59. The Balaban J connectivity index is 1.93. The molecule has 120 valence electrons. The lowest BCUT2D eigenvalue weighted by Crippen LogP contribution is -2.31. The first kappa shape index (κ1) is 17.1. The van der Waals surface area contributed by atoms with Gasteiger partial charge in [0.1, 0.15) is 5.82 Å². The van der Waals surface area contributed by atoms with Crippen molar-refractivity contribution in [3.8, 4) is 0 Å². The molecule has 0 fully saturated rings. The highest BCUT2D eigenvalue weighted by Crippen LogP contribution is 2.27. The average Bonchev–Trinajstić information content (AvgIpc) is 2.94. The molecule has 2 atom stereocenters. The maximum Gasteiger partial charge on any atom is 0.123 e. The van der Waals surface area contributed by atoms with E-state index in [9.17, 15) is 9.50 Å². The van der Waals surface area contributed by atoms with Crippen LogP contribution < -0.4 is 5.32 Å². The molecule has 2 aromatic rings. The SMILES string of the molecule is CC(NCc1cnc(C(C)(C)C)s1)C(O)c1ccc(F)cc1. The van der Waals surface area contributed by atoms with E-state index in [-0.39, 0.29) is 17.3 Å². The van der Waals surface area contributed by atoms with Crippen molar-refractivity contribution in [3.63, 3.8) is 0 Å². The molecule has 5 heteroatoms. The van der Waals surface area contributed by atoms with Crippen molar-refractivity contribution < 1.29 is 9.50 Å². The number of nitrogens with zero attached hydrogens (tertiary/aromatic N) is 1. The monoisotopic (exact) mass is 322 g/mol. The van der Waals surface area contributed by atoms with Crippen LogP contribution in [0.3, 0.4) is 0 Å². The Kier molecular flexibility index (Phi) is 5.32. The highest BCUT2D eigenvalue weighted by molar-refractivity contribution is 7.11. The number of halogens is 1. The maximum atomic E-state index is 12.9. The minimum absolute atomic E-state index is 0.0577. The molecule has 0 spiro atoms. The molecule has 2 unspecified atom stereocenters. The molecule has 0 radical (unpaired) electrons. The lowest BCUT2D eigenvalue weighted by Gasteiger charge is -2.20. The number of rotatable bonds is 5. The number of nitrogens with one attached hydrogen (secondary N) is 1. The van der Waals surface area contributed by atoms with Gasteiger partial charge >= 0.3 is 0 Å². The van der Waals surface area contributed by atoms with E-state index in [4.69, 9.17) is 0 Å². The van der Waals surface area contributed by atoms with Crippen LogP contribution in [0.5, 0.6) is 0 Å². The number of thiazole rings is 1. The van der Waals surface area contributed by atoms with E-state index in [1.54, 1.807) is 23.5 Å². The van der Waals surface area contributed by atoms with Crippen molar-refractivity contribution in [1.29, 1.82) is 0 Å². The second-order valence-corrected chi connectivity index (χ2v) is 7.66. The summed E-state index contributed by atoms with van der Waals surface area (Å²) in [7, 11) is 0. The van der Waals surface area contributed by atoms with Crippen molar-refractivity contribution in [2.75, 3.05) is 0 Å². The van der Waals surface area contributed by atoms with Gasteiger partial charge in [0.2, 0.25) is 0 Å². The van der Waals surface area contributed by atoms with Gasteiger partial charge < -0.3 is 10.4 Å². The van der Waals surface area contributed by atoms with Gasteiger partial charge in [0.05, 0.1) is 11.1 Å². The van der Waals surface area contributed by atoms with Crippen LogP contribution in [0, 0.1) is 5.82 Å². The second kappa shape index (κ2) is 6.86. The van der Waals surface area contributed by atoms with Crippen molar-refractivity contribution in [1.82, 2.24) is 10.3 Å². The molecule has 1 aromatic carbocycles. The second-order valence-electron chi connectivity index (χ2n) is 6.55. The van der Waals surface area contributed by atoms with Gasteiger partial charge in [0.25, 0.3) is 0 Å². The topological polar surface area (TPSA) is 45.2 Å². The van der Waals surface area contributed by atoms with E-state index < -0.39 is 6.10 Å². The van der Waals surface area contributed by atoms with Gasteiger partial charge in [-0.05, 0) is 24.6 Å². The lowest BCUT2D eigenvalue weighted by atomic mass is 9.98. The molecule has 2 rings (SSSR count). The van der Waals surface area contributed by atoms with Crippen LogP contribution >= 0.6 is 11.3 Å². The Bertz CT molecular complexity index is 604. The van der Waals surface area contributed by atoms with Gasteiger partial charge in [0, 0.05) is 29.1 Å². The standard InChI is InChI=1S/C17H23FN2OS/c1-11(15(21)12-5-7-13(18)8-6-12)19-9-14-10-20-16(22-14)17(2,3)4/h5-8,10-11,15,19,21H,9H2,1-4H3. The molecule has 0 saturated carbocycles. The van der Waals surface area contributed by atoms with E-state index in [0.29, 0.717) is 12.1 Å². The number of benzene rings is 1. The Morgan fingerprint density at radius 1 is 1.27 bits per heavy atom. The fraction of sp³-hybridized carbons (Fsp3) is 0.471. The number of aromatic nitrogens is 1. The van der Waals surface area contributed by atoms with Gasteiger partial charge in [-0.1, -0.05) is 32.9 Å². The summed E-state index contributed by atoms with van der Waals surface area (Å²) in [6.07, 6.45) is 1.21. The molecule has 0 aliphatic rings. The largest absolute Gasteiger partial charge is 0.387 e. The van der Waals surface area contributed by atoms with Crippen LogP contribution in [0.2, 0.25) is 0 Å². The molecule has 2 N–H and O–H groups in total. The number of hydrogen-bond donors (Lipinski definition) is 2. The summed E-state index contributed by atoms with van der Waals surface area (Å²) in [5.74, 6) is -0.295. The third-order valence-corrected chi connectivity index (χ3v) is 4.90. The predicted molar refractivity (Wildman–Crippen MR) is 88.5 cm³/mol. The summed E-state index contributed by atoms with van der Waals surface area (Å²) in [5.41, 5.74) is 0.767. The molecule has 0 bridgehead atoms. The number of hydrogen-bond acceptors (Lipinski definition) is 4. The van der Waals surface area contributed by atoms with Gasteiger partial charge in [-0.25, -0.2) is 9.37 Å². The van der Waals surface area contributed by atoms with E-state index in [1.807, 2.05) is 13.1 Å². The van der Waals surface area contributed by atoms with E-state index in [0.717, 1.165) is 9.88 Å². The van der Waals surface area contributed by atoms with Gasteiger partial charge in [-0.3, -0.25) is 0 Å². The maximum absolute atomic E-state index is 12.9. The molecular weight excluding hydrogens is 299 g/mol. The predicted octanol–water partition coefficient (Wildman–Crippen LogP) is 3.79. The summed E-state index contributed by atoms with van der Waals surface area (Å²) in [5, 5.41) is 14.7. The summed E-state index contributed by atoms with van der Waals surface area (Å²) in [6, 6.07) is 5.82. The molecule has 0 aliphatic carbocycles. The average molecular weight is 322 g/mol. The number of aliphatic hydroxyl groups excluding tert-OH is 1. The van der Waals surface area contributed by atoms with Crippen LogP contribution in [0.4, 0.5) is 4.39 Å². The Morgan fingerprint density at radius 3 is 2.45 bits per heavy atom. The molecular formula is C17H23FN2OS. The lowest BCUT2D eigenvalue weighted by molar-refractivity contribution is 0.135. The first-order chi connectivity index (χ1) is 10.3. The molecule has 1 heterocycles. The third-order valence-electron chi connectivity index (χ3n) is 3.48. The van der Waals surface area contributed by atoms with E-state index in [2.05, 4.69) is 31.1 Å². The minimum atomic E-state index is -0.671. The Hall–Kier alpha value is -1.30. The molecule has 0 amide bonds. The van der Waals surface area contributed by atoms with Crippen molar-refractivity contribution >= 4 is 11.3 Å². The Labute approximate surface area is 135 Å². The smallest absolute Gasteiger partial charge is 0.123 e. The van der Waals surface area contributed by atoms with Gasteiger partial charge in [-0.2, -0.15) is 0 Å². The van der Waals surface area contributed by atoms with Crippen molar-refractivity contribution in [2.24, 2.45) is 0 Å². The molecule has 0 aliphatic heterocycles. The molecule has 3 nitrogen and oxygen atoms in total. The first-order valence-corrected chi connectivity index (χ1v) is 8.21. The van der Waals surface area contributed by atoms with Crippen LogP contribution in [0.25, 0.3) is 0 Å². The summed E-state index contributed by atoms with van der Waals surface area (Å²) >= 11 is 1.69. The normalized spacial score (nSPS) is 14.8. The van der Waals surface area contributed by atoms with Gasteiger partial charge in [0.15, 0.2) is 0 Å². The van der Waals surface area contributed by atoms with Crippen LogP contribution in [-0.4, -0.2) is 16.1 Å². The van der Waals surface area contributed by atoms with Crippen molar-refractivity contribution in [3.05, 3.63) is 51.7 Å². The van der Waals surface area contributed by atoms with Crippen LogP contribution in [-0.2, 0) is 12.0 Å². The van der Waals surface area contributed by atoms with Crippen molar-refractivity contribution in [2.45, 2.75) is 51.8 Å². The fourth-order valence-electron chi connectivity index (χ4n) is 2.06. The summed E-state index contributed by atoms with van der Waals surface area (Å²) < 4.78 is 12.9. The van der Waals surface area contributed by atoms with Crippen LogP contribution in [0.15, 0.2) is 30.5 Å². The highest BCUT2D eigenvalue weighted by atomic mass is 32.1. The number of aliphatic hydroxyl groups is 1. The molecule has 22 heavy (non-hydrogen) atoms. The highest BCUT2D eigenvalue weighted by Gasteiger charge is 2.19. The van der Waals surface area contributed by atoms with Gasteiger partial charge in [-0.15, -0.1) is 11.3 Å². The van der Waals surface area contributed by atoms with E-state index >= 15 is 0 Å². The summed E-state index contributed by atoms with van der Waals surface area (Å²) in [6.45, 7) is 9.00. The molecule has 1 aromatic heterocycles. The zero-order chi connectivity index (χ0) is 16.3. The molecule has 0 saturated heterocycles. The van der Waals surface area contributed by atoms with Crippen LogP contribution in [0.1, 0.15) is 49.2 Å². The first-order valence-electron chi connectivity index (χ1n) is 7.39. The zero-order valence-corrected chi connectivity index (χ0v) is 14.2. The Morgan fingerprint density at radius 2 is 1.91 bits per heavy atom.